The fourth-order valence-corrected chi connectivity index (χ4v) is 3.18. The Hall–Kier alpha value is -0.860. The Morgan fingerprint density at radius 1 is 1.33 bits per heavy atom. The van der Waals surface area contributed by atoms with Gasteiger partial charge in [0.05, 0.1) is 15.6 Å². The van der Waals surface area contributed by atoms with Gasteiger partial charge in [-0.3, -0.25) is 5.21 Å². The smallest absolute Gasteiger partial charge is 0.243 e. The van der Waals surface area contributed by atoms with Gasteiger partial charge in [0.25, 0.3) is 0 Å². The third-order valence-electron chi connectivity index (χ3n) is 2.47. The molecule has 0 bridgehead atoms. The molecule has 0 saturated carbocycles. The van der Waals surface area contributed by atoms with Gasteiger partial charge in [-0.1, -0.05) is 25.4 Å². The van der Waals surface area contributed by atoms with Crippen LogP contribution in [0.15, 0.2) is 23.1 Å². The Kier molecular flexibility index (Phi) is 4.94. The Bertz CT molecular complexity index is 515. The number of anilines is 1. The van der Waals surface area contributed by atoms with Crippen LogP contribution in [0.4, 0.5) is 5.69 Å². The second-order valence-corrected chi connectivity index (χ2v) is 5.82. The van der Waals surface area contributed by atoms with E-state index in [2.05, 4.69) is 0 Å². The Morgan fingerprint density at radius 2 is 1.89 bits per heavy atom. The number of hydrogen-bond acceptors (Lipinski definition) is 5. The van der Waals surface area contributed by atoms with E-state index >= 15 is 0 Å². The molecule has 0 aliphatic heterocycles. The molecule has 1 N–H and O–H groups in total. The summed E-state index contributed by atoms with van der Waals surface area (Å²) in [5.41, 5.74) is -0.301. The molecule has 0 aliphatic carbocycles. The molecule has 8 heteroatoms. The highest BCUT2D eigenvalue weighted by Crippen LogP contribution is 2.28. The minimum atomic E-state index is -3.68. The molecular formula is C10H14ClN2O4S-. The van der Waals surface area contributed by atoms with E-state index in [4.69, 9.17) is 16.8 Å². The van der Waals surface area contributed by atoms with Gasteiger partial charge in [0.1, 0.15) is 0 Å². The summed E-state index contributed by atoms with van der Waals surface area (Å²) in [4.78, 5) is -0.0829. The third kappa shape index (κ3) is 2.93. The molecule has 0 fully saturated rings. The molecule has 102 valence electrons. The Balaban J connectivity index is 3.30. The summed E-state index contributed by atoms with van der Waals surface area (Å²) in [6.45, 7) is 4.06. The first-order valence-electron chi connectivity index (χ1n) is 5.30. The van der Waals surface area contributed by atoms with E-state index in [1.807, 2.05) is 0 Å². The number of benzene rings is 1. The van der Waals surface area contributed by atoms with Crippen molar-refractivity contribution in [1.29, 1.82) is 0 Å². The van der Waals surface area contributed by atoms with E-state index in [0.717, 1.165) is 6.07 Å². The van der Waals surface area contributed by atoms with Gasteiger partial charge in [0.15, 0.2) is 0 Å². The van der Waals surface area contributed by atoms with Crippen molar-refractivity contribution in [2.24, 2.45) is 0 Å². The van der Waals surface area contributed by atoms with Crippen LogP contribution in [0.1, 0.15) is 13.8 Å². The van der Waals surface area contributed by atoms with E-state index in [0.29, 0.717) is 13.1 Å². The number of halogens is 1. The van der Waals surface area contributed by atoms with Gasteiger partial charge in [-0.15, -0.1) is 0 Å². The third-order valence-corrected chi connectivity index (χ3v) is 4.83. The van der Waals surface area contributed by atoms with Gasteiger partial charge in [0.2, 0.25) is 10.0 Å². The number of sulfonamides is 1. The molecule has 0 aliphatic rings. The van der Waals surface area contributed by atoms with Crippen molar-refractivity contribution in [1.82, 2.24) is 4.31 Å². The predicted octanol–water partition coefficient (Wildman–Crippen LogP) is 2.06. The van der Waals surface area contributed by atoms with E-state index in [1.165, 1.54) is 16.4 Å². The molecule has 0 amide bonds. The SMILES string of the molecule is CCN(CC)S(=O)(=O)c1ccc(Cl)c(N([O-])O)c1. The second-order valence-electron chi connectivity index (χ2n) is 3.48. The Labute approximate surface area is 111 Å². The molecular weight excluding hydrogens is 280 g/mol. The van der Waals surface area contributed by atoms with Crippen molar-refractivity contribution in [3.8, 4) is 0 Å². The van der Waals surface area contributed by atoms with Gasteiger partial charge in [-0.05, 0) is 18.2 Å². The van der Waals surface area contributed by atoms with Crippen LogP contribution < -0.4 is 5.23 Å². The summed E-state index contributed by atoms with van der Waals surface area (Å²) >= 11 is 5.68. The van der Waals surface area contributed by atoms with Crippen LogP contribution in [0, 0.1) is 5.21 Å². The van der Waals surface area contributed by atoms with Crippen LogP contribution in [-0.4, -0.2) is 31.0 Å². The van der Waals surface area contributed by atoms with Crippen LogP contribution in [0.2, 0.25) is 5.02 Å². The van der Waals surface area contributed by atoms with E-state index in [-0.39, 0.29) is 15.6 Å². The lowest BCUT2D eigenvalue weighted by Crippen LogP contribution is -2.30. The Morgan fingerprint density at radius 3 is 2.33 bits per heavy atom. The fourth-order valence-electron chi connectivity index (χ4n) is 1.51. The molecule has 0 heterocycles. The van der Waals surface area contributed by atoms with Crippen LogP contribution in [0.25, 0.3) is 0 Å². The van der Waals surface area contributed by atoms with Crippen molar-refractivity contribution >= 4 is 27.3 Å². The first kappa shape index (κ1) is 15.2. The van der Waals surface area contributed by atoms with Gasteiger partial charge in [-0.2, -0.15) is 4.31 Å². The highest BCUT2D eigenvalue weighted by molar-refractivity contribution is 7.89. The van der Waals surface area contributed by atoms with Crippen LogP contribution in [-0.2, 0) is 10.0 Å². The van der Waals surface area contributed by atoms with Gasteiger partial charge in [0, 0.05) is 13.1 Å². The van der Waals surface area contributed by atoms with Crippen LogP contribution in [0.5, 0.6) is 0 Å². The summed E-state index contributed by atoms with van der Waals surface area (Å²) in [6, 6.07) is 3.60. The topological polar surface area (TPSA) is 83.9 Å². The van der Waals surface area contributed by atoms with Crippen molar-refractivity contribution in [2.75, 3.05) is 18.3 Å². The van der Waals surface area contributed by atoms with E-state index in [9.17, 15) is 13.6 Å². The van der Waals surface area contributed by atoms with E-state index in [1.54, 1.807) is 13.8 Å². The predicted molar refractivity (Wildman–Crippen MR) is 69.2 cm³/mol. The highest BCUT2D eigenvalue weighted by atomic mass is 35.5. The molecule has 0 radical (unpaired) electrons. The summed E-state index contributed by atoms with van der Waals surface area (Å²) in [7, 11) is -3.68. The molecule has 0 atom stereocenters. The van der Waals surface area contributed by atoms with Crippen molar-refractivity contribution in [3.63, 3.8) is 0 Å². The molecule has 1 rings (SSSR count). The average Bonchev–Trinajstić information content (AvgIpc) is 2.30. The maximum Gasteiger partial charge on any atom is 0.243 e. The summed E-state index contributed by atoms with van der Waals surface area (Å²) < 4.78 is 25.6. The summed E-state index contributed by atoms with van der Waals surface area (Å²) in [6.07, 6.45) is 0. The summed E-state index contributed by atoms with van der Waals surface area (Å²) in [5, 5.41) is 19.2. The van der Waals surface area contributed by atoms with Gasteiger partial charge < -0.3 is 10.4 Å². The van der Waals surface area contributed by atoms with Crippen LogP contribution >= 0.6 is 11.6 Å². The average molecular weight is 294 g/mol. The van der Waals surface area contributed by atoms with Gasteiger partial charge in [-0.25, -0.2) is 8.42 Å². The first-order chi connectivity index (χ1) is 8.34. The largest absolute Gasteiger partial charge is 0.733 e. The minimum Gasteiger partial charge on any atom is -0.733 e. The molecule has 0 saturated heterocycles. The molecule has 0 unspecified atom stereocenters. The normalized spacial score (nSPS) is 11.9. The molecule has 1 aromatic carbocycles. The second kappa shape index (κ2) is 5.85. The van der Waals surface area contributed by atoms with Gasteiger partial charge >= 0.3 is 0 Å². The zero-order valence-corrected chi connectivity index (χ0v) is 11.6. The molecule has 1 aromatic rings. The zero-order chi connectivity index (χ0) is 13.9. The number of hydrogen-bond donors (Lipinski definition) is 1. The molecule has 6 nitrogen and oxygen atoms in total. The standard InChI is InChI=1S/C10H14ClN2O4S/c1-3-12(4-2)18(16,17)8-5-6-9(11)10(7-8)13(14)15/h5-7,14H,3-4H2,1-2H3/q-1. The quantitative estimate of drug-likeness (QED) is 0.840. The molecule has 0 aromatic heterocycles. The minimum absolute atomic E-state index is 0.0222. The van der Waals surface area contributed by atoms with Crippen LogP contribution in [0.3, 0.4) is 0 Å². The zero-order valence-electron chi connectivity index (χ0n) is 10.00. The lowest BCUT2D eigenvalue weighted by atomic mass is 10.3. The van der Waals surface area contributed by atoms with Crippen molar-refractivity contribution in [2.45, 2.75) is 18.7 Å². The fraction of sp³-hybridized carbons (Fsp3) is 0.400. The number of nitrogens with zero attached hydrogens (tertiary/aromatic N) is 2. The molecule has 18 heavy (non-hydrogen) atoms. The van der Waals surface area contributed by atoms with E-state index < -0.39 is 15.2 Å². The maximum absolute atomic E-state index is 12.2. The van der Waals surface area contributed by atoms with Crippen molar-refractivity contribution in [3.05, 3.63) is 28.4 Å². The monoisotopic (exact) mass is 293 g/mol. The maximum atomic E-state index is 12.2. The summed E-state index contributed by atoms with van der Waals surface area (Å²) in [5.74, 6) is 0. The lowest BCUT2D eigenvalue weighted by molar-refractivity contribution is 0.296. The molecule has 0 spiro atoms. The highest BCUT2D eigenvalue weighted by Gasteiger charge is 2.22. The van der Waals surface area contributed by atoms with Crippen molar-refractivity contribution < 1.29 is 13.6 Å². The first-order valence-corrected chi connectivity index (χ1v) is 7.12. The number of rotatable bonds is 5. The lowest BCUT2D eigenvalue weighted by Gasteiger charge is -2.24.